The molecule has 3 aromatic rings. The fraction of sp³-hybridized carbons (Fsp3) is 0.542. The monoisotopic (exact) mass is 949 g/mol. The lowest BCUT2D eigenvalue weighted by atomic mass is 9.49. The van der Waals surface area contributed by atoms with E-state index in [0.717, 1.165) is 61.6 Å². The third-order valence-corrected chi connectivity index (χ3v) is 17.8. The van der Waals surface area contributed by atoms with Gasteiger partial charge in [0.15, 0.2) is 0 Å². The van der Waals surface area contributed by atoms with Crippen molar-refractivity contribution in [3.8, 4) is 23.3 Å². The van der Waals surface area contributed by atoms with Gasteiger partial charge in [0.1, 0.15) is 29.0 Å². The molecule has 368 valence electrons. The van der Waals surface area contributed by atoms with E-state index in [0.29, 0.717) is 83.4 Å². The van der Waals surface area contributed by atoms with E-state index in [9.17, 15) is 35.1 Å². The van der Waals surface area contributed by atoms with E-state index in [2.05, 4.69) is 47.5 Å². The highest BCUT2D eigenvalue weighted by atomic mass is 16.6. The lowest BCUT2D eigenvalue weighted by molar-refractivity contribution is -0.221. The number of carbonyl (C=O) groups is 3. The molecule has 0 unspecified atom stereocenters. The van der Waals surface area contributed by atoms with Gasteiger partial charge in [0, 0.05) is 60.0 Å². The number of hydrogen-bond donors (Lipinski definition) is 6. The number of nitrogens with one attached hydrogen (secondary N) is 1. The summed E-state index contributed by atoms with van der Waals surface area (Å²) in [5.74, 6) is 3.63. The first-order valence-corrected chi connectivity index (χ1v) is 26.3. The number of hydrogen-bond acceptors (Lipinski definition) is 11. The predicted octanol–water partition coefficient (Wildman–Crippen LogP) is 8.09. The summed E-state index contributed by atoms with van der Waals surface area (Å²) in [7, 11) is 0. The summed E-state index contributed by atoms with van der Waals surface area (Å²) in [6.07, 6.45) is 10.5. The summed E-state index contributed by atoms with van der Waals surface area (Å²) in [5.41, 5.74) is 5.92. The topological polar surface area (TPSA) is 183 Å². The van der Waals surface area contributed by atoms with Gasteiger partial charge in [0.25, 0.3) is 0 Å². The van der Waals surface area contributed by atoms with Gasteiger partial charge in [-0.25, -0.2) is 4.79 Å². The number of anilines is 1. The van der Waals surface area contributed by atoms with Crippen LogP contribution in [0, 0.1) is 41.4 Å². The largest absolute Gasteiger partial charge is 0.507 e. The Morgan fingerprint density at radius 2 is 1.69 bits per heavy atom. The molecule has 11 rings (SSSR count). The van der Waals surface area contributed by atoms with Crippen LogP contribution in [0.3, 0.4) is 0 Å². The lowest BCUT2D eigenvalue weighted by Gasteiger charge is -2.58. The summed E-state index contributed by atoms with van der Waals surface area (Å²) < 4.78 is 13.3. The van der Waals surface area contributed by atoms with Crippen molar-refractivity contribution < 1.29 is 49.4 Å². The summed E-state index contributed by atoms with van der Waals surface area (Å²) in [4.78, 5) is 44.1. The Labute approximate surface area is 410 Å². The van der Waals surface area contributed by atoms with Crippen LogP contribution in [-0.2, 0) is 51.4 Å². The van der Waals surface area contributed by atoms with Gasteiger partial charge in [-0.3, -0.25) is 9.59 Å². The highest BCUT2D eigenvalue weighted by Crippen LogP contribution is 2.58. The first-order valence-electron chi connectivity index (χ1n) is 26.3. The Balaban J connectivity index is 1.17. The fourth-order valence-corrected chi connectivity index (χ4v) is 14.5. The van der Waals surface area contributed by atoms with Crippen molar-refractivity contribution in [2.75, 3.05) is 11.9 Å². The predicted molar refractivity (Wildman–Crippen MR) is 263 cm³/mol. The number of ether oxygens (including phenoxy) is 2. The van der Waals surface area contributed by atoms with Gasteiger partial charge >= 0.3 is 11.9 Å². The molecule has 3 heterocycles. The van der Waals surface area contributed by atoms with Gasteiger partial charge in [-0.1, -0.05) is 67.5 Å². The zero-order chi connectivity index (χ0) is 48.4. The van der Waals surface area contributed by atoms with Crippen LogP contribution in [0.2, 0.25) is 0 Å². The minimum Gasteiger partial charge on any atom is -0.507 e. The van der Waals surface area contributed by atoms with Crippen LogP contribution in [0.15, 0.2) is 65.8 Å². The van der Waals surface area contributed by atoms with Crippen molar-refractivity contribution in [1.29, 1.82) is 0 Å². The molecule has 70 heavy (non-hydrogen) atoms. The number of benzene rings is 3. The van der Waals surface area contributed by atoms with Crippen molar-refractivity contribution in [3.05, 3.63) is 110 Å². The number of aliphatic hydroxyl groups is 4. The smallest absolute Gasteiger partial charge is 0.334 e. The van der Waals surface area contributed by atoms with Crippen molar-refractivity contribution in [3.63, 3.8) is 0 Å². The average Bonchev–Trinajstić information content (AvgIpc) is 3.51. The molecule has 0 saturated heterocycles. The number of aromatic hydroxyl groups is 1. The molecule has 8 aliphatic rings. The van der Waals surface area contributed by atoms with E-state index in [-0.39, 0.29) is 85.5 Å². The highest BCUT2D eigenvalue weighted by molar-refractivity contribution is 5.90. The van der Waals surface area contributed by atoms with Crippen LogP contribution < -0.4 is 10.1 Å². The van der Waals surface area contributed by atoms with Gasteiger partial charge in [-0.05, 0) is 158 Å². The zero-order valence-corrected chi connectivity index (χ0v) is 40.3. The van der Waals surface area contributed by atoms with E-state index >= 15 is 4.79 Å². The minimum atomic E-state index is -1.63. The average molecular weight is 950 g/mol. The van der Waals surface area contributed by atoms with Gasteiger partial charge < -0.3 is 40.3 Å². The molecule has 3 saturated carbocycles. The maximum Gasteiger partial charge on any atom is 0.334 e. The van der Waals surface area contributed by atoms with Crippen LogP contribution in [0.25, 0.3) is 0 Å². The van der Waals surface area contributed by atoms with Crippen LogP contribution in [-0.4, -0.2) is 73.7 Å². The van der Waals surface area contributed by atoms with Crippen molar-refractivity contribution in [2.24, 2.45) is 29.6 Å². The van der Waals surface area contributed by atoms with E-state index in [1.54, 1.807) is 6.92 Å². The van der Waals surface area contributed by atoms with Crippen LogP contribution in [0.5, 0.6) is 11.5 Å². The molecule has 0 aromatic heterocycles. The second-order valence-corrected chi connectivity index (χ2v) is 22.1. The molecule has 11 heteroatoms. The molecule has 5 aliphatic carbocycles. The number of carbonyl (C=O) groups excluding carboxylic acids is 3. The maximum absolute atomic E-state index is 16.0. The molecule has 11 atom stereocenters. The zero-order valence-electron chi connectivity index (χ0n) is 40.3. The molecule has 3 aromatic carbocycles. The molecular weight excluding hydrogens is 883 g/mol. The number of esters is 2. The second-order valence-electron chi connectivity index (χ2n) is 22.1. The fourth-order valence-electron chi connectivity index (χ4n) is 14.5. The summed E-state index contributed by atoms with van der Waals surface area (Å²) in [6.45, 7) is 1.65. The number of aliphatic hydroxyl groups excluding tert-OH is 3. The van der Waals surface area contributed by atoms with E-state index in [4.69, 9.17) is 9.47 Å². The molecule has 0 radical (unpaired) electrons. The molecule has 0 amide bonds. The molecule has 6 N–H and O–H groups in total. The van der Waals surface area contributed by atoms with Gasteiger partial charge in [-0.2, -0.15) is 0 Å². The molecule has 0 spiro atoms. The Morgan fingerprint density at radius 1 is 0.857 bits per heavy atom. The third-order valence-electron chi connectivity index (χ3n) is 17.8. The number of rotatable bonds is 6. The Bertz CT molecular complexity index is 2720. The van der Waals surface area contributed by atoms with Crippen LogP contribution >= 0.6 is 0 Å². The van der Waals surface area contributed by atoms with Gasteiger partial charge in [-0.15, -0.1) is 0 Å². The number of Topliss-reactive ketones (excluding diaryl/α,β-unsaturated/α-hetero) is 1. The number of phenolic OH excluding ortho intramolecular Hbond substituents is 1. The Morgan fingerprint density at radius 3 is 2.50 bits per heavy atom. The molecule has 11 bridgehead atoms. The minimum absolute atomic E-state index is 0.00724. The number of fused-ring (bicyclic) bond motifs is 10. The first-order chi connectivity index (χ1) is 33.9. The highest BCUT2D eigenvalue weighted by Gasteiger charge is 2.62. The number of ketones is 1. The molecule has 3 fully saturated rings. The molecule has 3 aliphatic heterocycles. The van der Waals surface area contributed by atoms with Crippen LogP contribution in [0.1, 0.15) is 153 Å². The Kier molecular flexibility index (Phi) is 12.8. The van der Waals surface area contributed by atoms with Crippen LogP contribution in [0.4, 0.5) is 5.69 Å². The Hall–Kier alpha value is -5.25. The quantitative estimate of drug-likeness (QED) is 0.0608. The van der Waals surface area contributed by atoms with Crippen molar-refractivity contribution in [1.82, 2.24) is 0 Å². The standard InChI is InChI=1S/C59H67NO10/c1-32(62)30-60-43-21-34(31-61)20-40(23-43)37-13-14-38-29-54(65)70-57-45(38)26-42(56(66)55(57)36-7-3-2-4-8-36)28-53-59(68)49-10-6-5-9-39(49)25-46-47(51(63)18-17-50(46)59)22-33-11-12-35-15-16-44(48(24-37)58(67)69-53)52(64)27-41(35)19-33/h5,9,11-12,19-21,23,26,32,36-39,46-47,49-50,52-53,60-62,64,66,68H,2-4,6-8,10,15-18,22,24-25,27-31H2,1H3/b48-44+/t32-,37-,38+,39-,46+,47+,49+,50-,52-,53+,59-/m0/s1. The first kappa shape index (κ1) is 47.1. The van der Waals surface area contributed by atoms with Crippen molar-refractivity contribution in [2.45, 2.75) is 164 Å². The van der Waals surface area contributed by atoms with E-state index in [1.807, 2.05) is 24.3 Å². The maximum atomic E-state index is 16.0. The summed E-state index contributed by atoms with van der Waals surface area (Å²) in [5, 5.41) is 63.7. The van der Waals surface area contributed by atoms with E-state index in [1.165, 1.54) is 0 Å². The number of phenols is 1. The van der Waals surface area contributed by atoms with Gasteiger partial charge in [0.05, 0.1) is 31.2 Å². The summed E-state index contributed by atoms with van der Waals surface area (Å²) in [6, 6.07) is 13.8. The second kappa shape index (κ2) is 19.1. The molecular formula is C59H67NO10. The summed E-state index contributed by atoms with van der Waals surface area (Å²) >= 11 is 0. The SMILES string of the molecule is C[C@H](O)CNc1cc(CO)cc([C@H]2C#C[C@@H]3CC(=O)Oc4c3cc(c(O)c4C3CCCCC3)C[C@H]3OC(=O)/C(=C4\CCc5ccc(cc5C[C@@H]4O)C[C@H]4C(=O)CC[C@H]5[C@@H]4C[C@@H]4C=CCC[C@H]4[C@@]35O)C2)c1. The van der Waals surface area contributed by atoms with Crippen molar-refractivity contribution >= 4 is 23.4 Å². The lowest BCUT2D eigenvalue weighted by Crippen LogP contribution is -2.65. The number of aryl methyl sites for hydroxylation is 1. The molecule has 11 nitrogen and oxygen atoms in total. The van der Waals surface area contributed by atoms with E-state index < -0.39 is 53.6 Å². The normalized spacial score (nSPS) is 33.2. The van der Waals surface area contributed by atoms with Gasteiger partial charge in [0.2, 0.25) is 0 Å². The number of allylic oxidation sites excluding steroid dienone is 2. The third kappa shape index (κ3) is 8.61.